The average molecular weight is 566 g/mol. The number of hydrogen-bond acceptors (Lipinski definition) is 7. The summed E-state index contributed by atoms with van der Waals surface area (Å²) < 4.78 is 11.7. The minimum absolute atomic E-state index is 0.0517. The molecule has 0 bridgehead atoms. The SMILES string of the molecule is O=C1COc2ccccc2C[C@H](O)[C@H](O)CC2(CCN(C(=O)c3cccc(OCCN4CCCCC4)c3)CC2)CN1. The van der Waals surface area contributed by atoms with Gasteiger partial charge in [0.15, 0.2) is 6.61 Å². The predicted octanol–water partition coefficient (Wildman–Crippen LogP) is 2.64. The van der Waals surface area contributed by atoms with E-state index < -0.39 is 17.6 Å². The van der Waals surface area contributed by atoms with Gasteiger partial charge in [0.1, 0.15) is 18.1 Å². The van der Waals surface area contributed by atoms with Crippen LogP contribution in [0.5, 0.6) is 11.5 Å². The Morgan fingerprint density at radius 3 is 2.59 bits per heavy atom. The second-order valence-corrected chi connectivity index (χ2v) is 11.8. The Bertz CT molecular complexity index is 1180. The third kappa shape index (κ3) is 7.78. The minimum atomic E-state index is -0.972. The van der Waals surface area contributed by atoms with E-state index in [1.165, 1.54) is 19.3 Å². The van der Waals surface area contributed by atoms with Gasteiger partial charge in [0.05, 0.1) is 12.2 Å². The van der Waals surface area contributed by atoms with Crippen LogP contribution >= 0.6 is 0 Å². The van der Waals surface area contributed by atoms with Crippen LogP contribution in [-0.4, -0.2) is 96.5 Å². The van der Waals surface area contributed by atoms with E-state index in [0.29, 0.717) is 62.6 Å². The first-order valence-corrected chi connectivity index (χ1v) is 15.0. The van der Waals surface area contributed by atoms with E-state index in [1.54, 1.807) is 6.07 Å². The zero-order valence-electron chi connectivity index (χ0n) is 23.8. The highest BCUT2D eigenvalue weighted by Crippen LogP contribution is 2.37. The number of rotatable bonds is 5. The molecule has 0 radical (unpaired) electrons. The van der Waals surface area contributed by atoms with E-state index in [1.807, 2.05) is 47.4 Å². The van der Waals surface area contributed by atoms with Crippen molar-refractivity contribution in [2.24, 2.45) is 5.41 Å². The zero-order chi connectivity index (χ0) is 28.7. The second-order valence-electron chi connectivity index (χ2n) is 11.8. The lowest BCUT2D eigenvalue weighted by molar-refractivity contribution is -0.124. The van der Waals surface area contributed by atoms with Gasteiger partial charge in [-0.25, -0.2) is 0 Å². The number of carbonyl (C=O) groups is 2. The van der Waals surface area contributed by atoms with Gasteiger partial charge in [-0.2, -0.15) is 0 Å². The summed E-state index contributed by atoms with van der Waals surface area (Å²) in [5.74, 6) is 0.950. The fourth-order valence-corrected chi connectivity index (χ4v) is 6.25. The molecule has 0 aromatic heterocycles. The molecule has 9 heteroatoms. The maximum absolute atomic E-state index is 13.4. The van der Waals surface area contributed by atoms with E-state index in [4.69, 9.17) is 9.47 Å². The van der Waals surface area contributed by atoms with E-state index in [2.05, 4.69) is 10.2 Å². The highest BCUT2D eigenvalue weighted by Gasteiger charge is 2.40. The molecule has 1 spiro atoms. The summed E-state index contributed by atoms with van der Waals surface area (Å²) >= 11 is 0. The molecule has 3 aliphatic heterocycles. The van der Waals surface area contributed by atoms with Crippen molar-refractivity contribution in [3.63, 3.8) is 0 Å². The van der Waals surface area contributed by atoms with Gasteiger partial charge in [-0.1, -0.05) is 30.7 Å². The van der Waals surface area contributed by atoms with Crippen LogP contribution in [0.1, 0.15) is 54.4 Å². The summed E-state index contributed by atoms with van der Waals surface area (Å²) in [6.07, 6.45) is 3.63. The molecule has 222 valence electrons. The Labute approximate surface area is 242 Å². The van der Waals surface area contributed by atoms with Gasteiger partial charge in [-0.3, -0.25) is 14.5 Å². The number of nitrogens with one attached hydrogen (secondary N) is 1. The van der Waals surface area contributed by atoms with Crippen molar-refractivity contribution in [3.05, 3.63) is 59.7 Å². The first-order chi connectivity index (χ1) is 19.9. The molecule has 41 heavy (non-hydrogen) atoms. The highest BCUT2D eigenvalue weighted by atomic mass is 16.5. The summed E-state index contributed by atoms with van der Waals surface area (Å²) in [6, 6.07) is 14.6. The number of piperidine rings is 2. The van der Waals surface area contributed by atoms with E-state index in [0.717, 1.165) is 25.2 Å². The Morgan fingerprint density at radius 2 is 1.78 bits per heavy atom. The molecule has 2 atom stereocenters. The number of aliphatic hydroxyl groups is 2. The van der Waals surface area contributed by atoms with E-state index in [9.17, 15) is 19.8 Å². The number of amides is 2. The summed E-state index contributed by atoms with van der Waals surface area (Å²) in [6.45, 7) is 4.96. The zero-order valence-corrected chi connectivity index (χ0v) is 23.8. The third-order valence-electron chi connectivity index (χ3n) is 8.82. The molecule has 2 amide bonds. The molecule has 3 aliphatic rings. The molecule has 3 N–H and O–H groups in total. The number of aliphatic hydroxyl groups excluding tert-OH is 2. The van der Waals surface area contributed by atoms with Gasteiger partial charge in [-0.15, -0.1) is 0 Å². The molecular formula is C32H43N3O6. The predicted molar refractivity (Wildman–Crippen MR) is 155 cm³/mol. The van der Waals surface area contributed by atoms with Crippen LogP contribution in [0.3, 0.4) is 0 Å². The van der Waals surface area contributed by atoms with Crippen LogP contribution in [0, 0.1) is 5.41 Å². The number of nitrogens with zero attached hydrogens (tertiary/aromatic N) is 2. The number of ether oxygens (including phenoxy) is 2. The van der Waals surface area contributed by atoms with E-state index >= 15 is 0 Å². The minimum Gasteiger partial charge on any atom is -0.492 e. The van der Waals surface area contributed by atoms with Gasteiger partial charge < -0.3 is 29.9 Å². The monoisotopic (exact) mass is 565 g/mol. The van der Waals surface area contributed by atoms with Crippen LogP contribution in [0.4, 0.5) is 0 Å². The van der Waals surface area contributed by atoms with Gasteiger partial charge in [-0.05, 0) is 80.4 Å². The molecule has 0 saturated carbocycles. The lowest BCUT2D eigenvalue weighted by Gasteiger charge is -2.43. The number of benzene rings is 2. The quantitative estimate of drug-likeness (QED) is 0.511. The molecule has 0 aliphatic carbocycles. The first kappa shape index (κ1) is 29.4. The van der Waals surface area contributed by atoms with Crippen molar-refractivity contribution in [1.29, 1.82) is 0 Å². The Balaban J connectivity index is 1.19. The summed E-state index contributed by atoms with van der Waals surface area (Å²) in [5.41, 5.74) is 0.902. The number of fused-ring (bicyclic) bond motifs is 1. The van der Waals surface area contributed by atoms with E-state index in [-0.39, 0.29) is 24.8 Å². The molecule has 9 nitrogen and oxygen atoms in total. The van der Waals surface area contributed by atoms with Gasteiger partial charge >= 0.3 is 0 Å². The molecule has 2 aromatic carbocycles. The summed E-state index contributed by atoms with van der Waals surface area (Å²) in [5, 5.41) is 24.8. The Morgan fingerprint density at radius 1 is 1.00 bits per heavy atom. The smallest absolute Gasteiger partial charge is 0.257 e. The van der Waals surface area contributed by atoms with Crippen molar-refractivity contribution >= 4 is 11.8 Å². The van der Waals surface area contributed by atoms with Crippen molar-refractivity contribution < 1.29 is 29.3 Å². The lowest BCUT2D eigenvalue weighted by Crippen LogP contribution is -2.51. The van der Waals surface area contributed by atoms with Gasteiger partial charge in [0, 0.05) is 38.2 Å². The molecule has 2 saturated heterocycles. The van der Waals surface area contributed by atoms with Crippen LogP contribution in [0.15, 0.2) is 48.5 Å². The molecule has 3 heterocycles. The van der Waals surface area contributed by atoms with Crippen molar-refractivity contribution in [3.8, 4) is 11.5 Å². The molecular weight excluding hydrogens is 522 g/mol. The normalized spacial score (nSPS) is 23.9. The molecule has 2 aromatic rings. The number of carbonyl (C=O) groups excluding carboxylic acids is 2. The maximum atomic E-state index is 13.4. The number of likely N-dealkylation sites (tertiary alicyclic amines) is 2. The fraction of sp³-hybridized carbons (Fsp3) is 0.562. The van der Waals surface area contributed by atoms with Gasteiger partial charge in [0.25, 0.3) is 11.8 Å². The second kappa shape index (κ2) is 13.7. The van der Waals surface area contributed by atoms with Crippen molar-refractivity contribution in [2.45, 2.75) is 57.2 Å². The first-order valence-electron chi connectivity index (χ1n) is 15.0. The van der Waals surface area contributed by atoms with Crippen LogP contribution in [0.2, 0.25) is 0 Å². The summed E-state index contributed by atoms with van der Waals surface area (Å²) in [4.78, 5) is 30.3. The van der Waals surface area contributed by atoms with Crippen molar-refractivity contribution in [1.82, 2.24) is 15.1 Å². The molecule has 2 fully saturated rings. The number of hydrogen-bond donors (Lipinski definition) is 3. The topological polar surface area (TPSA) is 112 Å². The van der Waals surface area contributed by atoms with Crippen molar-refractivity contribution in [2.75, 3.05) is 52.5 Å². The fourth-order valence-electron chi connectivity index (χ4n) is 6.25. The van der Waals surface area contributed by atoms with Crippen LogP contribution in [-0.2, 0) is 11.2 Å². The maximum Gasteiger partial charge on any atom is 0.257 e. The largest absolute Gasteiger partial charge is 0.492 e. The number of para-hydroxylation sites is 1. The Kier molecular flexibility index (Phi) is 9.80. The summed E-state index contributed by atoms with van der Waals surface area (Å²) in [7, 11) is 0. The highest BCUT2D eigenvalue weighted by molar-refractivity contribution is 5.94. The molecule has 5 rings (SSSR count). The average Bonchev–Trinajstić information content (AvgIpc) is 3.00. The van der Waals surface area contributed by atoms with Gasteiger partial charge in [0.2, 0.25) is 0 Å². The Hall–Kier alpha value is -3.14. The lowest BCUT2D eigenvalue weighted by atomic mass is 9.73. The third-order valence-corrected chi connectivity index (χ3v) is 8.82. The molecule has 0 unspecified atom stereocenters. The standard InChI is InChI=1S/C32H43N3O6/c36-27-20-24-7-2-3-10-29(24)41-22-30(38)33-23-32(21-28(27)37)11-15-35(16-12-32)31(39)25-8-6-9-26(19-25)40-18-17-34-13-4-1-5-14-34/h2-3,6-10,19,27-28,36-37H,1,4-5,11-18,20-23H2,(H,33,38)/t27-,28+/m0/s1. The van der Waals surface area contributed by atoms with Crippen LogP contribution < -0.4 is 14.8 Å². The van der Waals surface area contributed by atoms with Crippen LogP contribution in [0.25, 0.3) is 0 Å².